The highest BCUT2D eigenvalue weighted by molar-refractivity contribution is 7.10. The number of para-hydroxylation sites is 1. The molecule has 5 heteroatoms. The zero-order valence-corrected chi connectivity index (χ0v) is 13.8. The highest BCUT2D eigenvalue weighted by Crippen LogP contribution is 2.24. The number of ether oxygens (including phenoxy) is 1. The molecule has 0 aliphatic carbocycles. The Labute approximate surface area is 138 Å². The number of aromatic nitrogens is 1. The van der Waals surface area contributed by atoms with Crippen molar-refractivity contribution >= 4 is 34.0 Å². The number of Topliss-reactive ketones (excluding diaryl/α,β-unsaturated/α-hetero) is 1. The number of hydrogen-bond acceptors (Lipinski definition) is 4. The normalized spacial score (nSPS) is 12.3. The lowest BCUT2D eigenvalue weighted by atomic mass is 10.0. The van der Waals surface area contributed by atoms with E-state index < -0.39 is 6.10 Å². The number of fused-ring (bicyclic) bond motifs is 1. The summed E-state index contributed by atoms with van der Waals surface area (Å²) in [7, 11) is 0. The molecule has 0 bridgehead atoms. The molecule has 0 saturated heterocycles. The molecule has 3 rings (SSSR count). The zero-order chi connectivity index (χ0) is 16.4. The minimum absolute atomic E-state index is 0.181. The van der Waals surface area contributed by atoms with Gasteiger partial charge in [-0.05, 0) is 31.4 Å². The number of aromatic amines is 1. The number of nitrogens with one attached hydrogen (secondary N) is 1. The second-order valence-corrected chi connectivity index (χ2v) is 6.46. The summed E-state index contributed by atoms with van der Waals surface area (Å²) in [5, 5.41) is 2.77. The van der Waals surface area contributed by atoms with E-state index >= 15 is 0 Å². The molecule has 0 aliphatic heterocycles. The number of ketones is 1. The van der Waals surface area contributed by atoms with Crippen LogP contribution in [0.15, 0.2) is 41.8 Å². The van der Waals surface area contributed by atoms with Gasteiger partial charge in [-0.25, -0.2) is 0 Å². The number of carbonyl (C=O) groups is 2. The van der Waals surface area contributed by atoms with E-state index in [1.165, 1.54) is 11.3 Å². The van der Waals surface area contributed by atoms with Gasteiger partial charge in [0, 0.05) is 27.0 Å². The Kier molecular flexibility index (Phi) is 4.30. The van der Waals surface area contributed by atoms with Crippen molar-refractivity contribution in [3.63, 3.8) is 0 Å². The van der Waals surface area contributed by atoms with Crippen LogP contribution in [0.25, 0.3) is 10.9 Å². The predicted molar refractivity (Wildman–Crippen MR) is 90.9 cm³/mol. The van der Waals surface area contributed by atoms with Crippen molar-refractivity contribution < 1.29 is 14.3 Å². The van der Waals surface area contributed by atoms with Crippen LogP contribution in [0.4, 0.5) is 0 Å². The van der Waals surface area contributed by atoms with Crippen LogP contribution in [0.2, 0.25) is 0 Å². The van der Waals surface area contributed by atoms with Crippen molar-refractivity contribution in [3.8, 4) is 0 Å². The number of carbonyl (C=O) groups excluding carboxylic acids is 2. The Morgan fingerprint density at radius 1 is 1.22 bits per heavy atom. The summed E-state index contributed by atoms with van der Waals surface area (Å²) in [6.45, 7) is 3.48. The Hall–Kier alpha value is -2.40. The number of esters is 1. The Balaban J connectivity index is 1.76. The van der Waals surface area contributed by atoms with Gasteiger partial charge >= 0.3 is 5.97 Å². The van der Waals surface area contributed by atoms with E-state index in [2.05, 4.69) is 4.98 Å². The molecule has 0 aliphatic rings. The molecule has 23 heavy (non-hydrogen) atoms. The van der Waals surface area contributed by atoms with Crippen LogP contribution in [0.3, 0.4) is 0 Å². The van der Waals surface area contributed by atoms with Crippen LogP contribution < -0.4 is 0 Å². The second-order valence-electron chi connectivity index (χ2n) is 5.42. The van der Waals surface area contributed by atoms with Gasteiger partial charge in [0.25, 0.3) is 0 Å². The first-order chi connectivity index (χ1) is 11.1. The summed E-state index contributed by atoms with van der Waals surface area (Å²) < 4.78 is 5.32. The standard InChI is InChI=1S/C18H17NO3S/c1-11-17(14-7-3-4-8-15(14)19-11)18(21)12(2)22-16(20)10-13-6-5-9-23-13/h3-9,12,19H,10H2,1-2H3/t12-/m1/s1. The van der Waals surface area contributed by atoms with Crippen LogP contribution in [0, 0.1) is 6.92 Å². The van der Waals surface area contributed by atoms with Crippen molar-refractivity contribution in [3.05, 3.63) is 57.9 Å². The molecule has 3 aromatic rings. The van der Waals surface area contributed by atoms with E-state index in [9.17, 15) is 9.59 Å². The van der Waals surface area contributed by atoms with E-state index in [1.54, 1.807) is 6.92 Å². The number of benzene rings is 1. The first-order valence-electron chi connectivity index (χ1n) is 7.39. The summed E-state index contributed by atoms with van der Waals surface area (Å²) in [6.07, 6.45) is -0.609. The molecule has 0 fully saturated rings. The molecule has 2 heterocycles. The van der Waals surface area contributed by atoms with Gasteiger partial charge in [0.05, 0.1) is 6.42 Å². The van der Waals surface area contributed by atoms with E-state index in [-0.39, 0.29) is 18.2 Å². The fourth-order valence-electron chi connectivity index (χ4n) is 2.65. The lowest BCUT2D eigenvalue weighted by Crippen LogP contribution is -2.25. The molecule has 1 atom stereocenters. The molecule has 0 amide bonds. The number of aryl methyl sites for hydroxylation is 1. The lowest BCUT2D eigenvalue weighted by molar-refractivity contribution is -0.145. The highest BCUT2D eigenvalue weighted by Gasteiger charge is 2.24. The molecule has 0 saturated carbocycles. The molecule has 1 aromatic carbocycles. The third-order valence-electron chi connectivity index (χ3n) is 3.72. The summed E-state index contributed by atoms with van der Waals surface area (Å²) >= 11 is 1.50. The highest BCUT2D eigenvalue weighted by atomic mass is 32.1. The van der Waals surface area contributed by atoms with Gasteiger partial charge in [0.2, 0.25) is 5.78 Å². The van der Waals surface area contributed by atoms with Crippen LogP contribution in [0.1, 0.15) is 27.9 Å². The van der Waals surface area contributed by atoms with Gasteiger partial charge in [0.1, 0.15) is 0 Å². The van der Waals surface area contributed by atoms with Crippen molar-refractivity contribution in [1.29, 1.82) is 0 Å². The summed E-state index contributed by atoms with van der Waals surface area (Å²) in [5.74, 6) is -0.565. The Morgan fingerprint density at radius 2 is 2.00 bits per heavy atom. The van der Waals surface area contributed by atoms with Gasteiger partial charge in [-0.15, -0.1) is 11.3 Å². The fraction of sp³-hybridized carbons (Fsp3) is 0.222. The third-order valence-corrected chi connectivity index (χ3v) is 4.59. The topological polar surface area (TPSA) is 59.2 Å². The molecule has 0 unspecified atom stereocenters. The quantitative estimate of drug-likeness (QED) is 0.571. The van der Waals surface area contributed by atoms with E-state index in [1.807, 2.05) is 48.7 Å². The molecular weight excluding hydrogens is 310 g/mol. The monoisotopic (exact) mass is 327 g/mol. The van der Waals surface area contributed by atoms with Crippen molar-refractivity contribution in [2.75, 3.05) is 0 Å². The second kappa shape index (κ2) is 6.38. The first-order valence-corrected chi connectivity index (χ1v) is 8.27. The minimum atomic E-state index is -0.805. The van der Waals surface area contributed by atoms with Crippen molar-refractivity contribution in [2.24, 2.45) is 0 Å². The predicted octanol–water partition coefficient (Wildman–Crippen LogP) is 3.89. The number of hydrogen-bond donors (Lipinski definition) is 1. The van der Waals surface area contributed by atoms with Gasteiger partial charge in [-0.3, -0.25) is 9.59 Å². The molecule has 0 radical (unpaired) electrons. The number of thiophene rings is 1. The molecular formula is C18H17NO3S. The lowest BCUT2D eigenvalue weighted by Gasteiger charge is -2.12. The summed E-state index contributed by atoms with van der Waals surface area (Å²) in [6, 6.07) is 11.4. The van der Waals surface area contributed by atoms with Gasteiger partial charge in [0.15, 0.2) is 6.10 Å². The first kappa shape index (κ1) is 15.5. The smallest absolute Gasteiger partial charge is 0.311 e. The average Bonchev–Trinajstić information content (AvgIpc) is 3.12. The molecule has 0 spiro atoms. The number of H-pyrrole nitrogens is 1. The van der Waals surface area contributed by atoms with Gasteiger partial charge < -0.3 is 9.72 Å². The molecule has 1 N–H and O–H groups in total. The minimum Gasteiger partial charge on any atom is -0.454 e. The van der Waals surface area contributed by atoms with Crippen LogP contribution in [-0.4, -0.2) is 22.8 Å². The van der Waals surface area contributed by atoms with Gasteiger partial charge in [-0.2, -0.15) is 0 Å². The van der Waals surface area contributed by atoms with Crippen LogP contribution >= 0.6 is 11.3 Å². The maximum atomic E-state index is 12.7. The van der Waals surface area contributed by atoms with Crippen molar-refractivity contribution in [1.82, 2.24) is 4.98 Å². The molecule has 4 nitrogen and oxygen atoms in total. The Morgan fingerprint density at radius 3 is 2.74 bits per heavy atom. The fourth-order valence-corrected chi connectivity index (χ4v) is 3.34. The summed E-state index contributed by atoms with van der Waals surface area (Å²) in [5.41, 5.74) is 2.29. The number of rotatable bonds is 5. The largest absolute Gasteiger partial charge is 0.454 e. The van der Waals surface area contributed by atoms with Crippen LogP contribution in [-0.2, 0) is 16.0 Å². The van der Waals surface area contributed by atoms with Gasteiger partial charge in [-0.1, -0.05) is 24.3 Å². The zero-order valence-electron chi connectivity index (χ0n) is 13.0. The maximum absolute atomic E-state index is 12.7. The SMILES string of the molecule is Cc1[nH]c2ccccc2c1C(=O)[C@@H](C)OC(=O)Cc1cccs1. The summed E-state index contributed by atoms with van der Waals surface area (Å²) in [4.78, 5) is 28.8. The maximum Gasteiger partial charge on any atom is 0.311 e. The van der Waals surface area contributed by atoms with Crippen molar-refractivity contribution in [2.45, 2.75) is 26.4 Å². The molecule has 2 aromatic heterocycles. The Bertz CT molecular complexity index is 848. The van der Waals surface area contributed by atoms with E-state index in [4.69, 9.17) is 4.74 Å². The molecule has 118 valence electrons. The van der Waals surface area contributed by atoms with Crippen LogP contribution in [0.5, 0.6) is 0 Å². The average molecular weight is 327 g/mol. The van der Waals surface area contributed by atoms with E-state index in [0.717, 1.165) is 21.5 Å². The third kappa shape index (κ3) is 3.19. The van der Waals surface area contributed by atoms with E-state index in [0.29, 0.717) is 5.56 Å².